The van der Waals surface area contributed by atoms with E-state index in [1.54, 1.807) is 0 Å². The van der Waals surface area contributed by atoms with Crippen LogP contribution < -0.4 is 5.32 Å². The lowest BCUT2D eigenvalue weighted by Gasteiger charge is -2.31. The van der Waals surface area contributed by atoms with E-state index in [0.717, 1.165) is 12.8 Å². The molecule has 0 aromatic carbocycles. The van der Waals surface area contributed by atoms with E-state index in [1.165, 1.54) is 12.8 Å². The molecule has 2 atom stereocenters. The molecule has 0 spiro atoms. The van der Waals surface area contributed by atoms with Gasteiger partial charge < -0.3 is 10.4 Å². The molecule has 2 fully saturated rings. The van der Waals surface area contributed by atoms with Gasteiger partial charge in [-0.25, -0.2) is 0 Å². The molecule has 2 aliphatic rings. The van der Waals surface area contributed by atoms with Gasteiger partial charge in [-0.2, -0.15) is 0 Å². The summed E-state index contributed by atoms with van der Waals surface area (Å²) >= 11 is 0. The van der Waals surface area contributed by atoms with Crippen molar-refractivity contribution in [1.29, 1.82) is 0 Å². The number of carboxylic acid groups (broad SMARTS) is 1. The summed E-state index contributed by atoms with van der Waals surface area (Å²) in [6.45, 7) is 0. The number of rotatable bonds is 2. The Morgan fingerprint density at radius 1 is 1.33 bits per heavy atom. The fraction of sp³-hybridized carbons (Fsp3) is 0.818. The Morgan fingerprint density at radius 3 is 2.60 bits per heavy atom. The van der Waals surface area contributed by atoms with Gasteiger partial charge in [-0.05, 0) is 25.2 Å². The van der Waals surface area contributed by atoms with E-state index in [2.05, 4.69) is 5.32 Å². The second kappa shape index (κ2) is 4.21. The first-order valence-electron chi connectivity index (χ1n) is 5.69. The van der Waals surface area contributed by atoms with Crippen LogP contribution in [0.25, 0.3) is 0 Å². The van der Waals surface area contributed by atoms with Crippen molar-refractivity contribution in [3.63, 3.8) is 0 Å². The summed E-state index contributed by atoms with van der Waals surface area (Å²) in [4.78, 5) is 22.3. The van der Waals surface area contributed by atoms with Crippen molar-refractivity contribution in [2.24, 2.45) is 11.8 Å². The molecule has 1 saturated heterocycles. The summed E-state index contributed by atoms with van der Waals surface area (Å²) in [7, 11) is 0. The van der Waals surface area contributed by atoms with Crippen LogP contribution in [0.5, 0.6) is 0 Å². The minimum Gasteiger partial charge on any atom is -0.481 e. The first-order valence-corrected chi connectivity index (χ1v) is 5.69. The fourth-order valence-electron chi connectivity index (χ4n) is 2.80. The summed E-state index contributed by atoms with van der Waals surface area (Å²) in [6, 6.07) is 0.106. The van der Waals surface area contributed by atoms with E-state index in [0.29, 0.717) is 12.3 Å². The van der Waals surface area contributed by atoms with Crippen molar-refractivity contribution in [3.8, 4) is 0 Å². The molecule has 2 unspecified atom stereocenters. The third-order valence-electron chi connectivity index (χ3n) is 3.63. The zero-order valence-corrected chi connectivity index (χ0v) is 8.74. The second-order valence-corrected chi connectivity index (χ2v) is 4.69. The number of carboxylic acids is 1. The molecule has 1 aliphatic heterocycles. The highest BCUT2D eigenvalue weighted by molar-refractivity contribution is 5.83. The molecule has 0 bridgehead atoms. The molecule has 0 radical (unpaired) electrons. The quantitative estimate of drug-likeness (QED) is 0.720. The van der Waals surface area contributed by atoms with E-state index in [1.807, 2.05) is 0 Å². The van der Waals surface area contributed by atoms with Crippen LogP contribution in [0.15, 0.2) is 0 Å². The number of amides is 1. The number of hydrogen-bond acceptors (Lipinski definition) is 2. The summed E-state index contributed by atoms with van der Waals surface area (Å²) in [5.41, 5.74) is 0. The van der Waals surface area contributed by atoms with Crippen LogP contribution in [0.2, 0.25) is 0 Å². The van der Waals surface area contributed by atoms with E-state index >= 15 is 0 Å². The molecular weight excluding hydrogens is 194 g/mol. The summed E-state index contributed by atoms with van der Waals surface area (Å²) < 4.78 is 0. The molecule has 1 heterocycles. The Balaban J connectivity index is 1.99. The van der Waals surface area contributed by atoms with E-state index in [4.69, 9.17) is 5.11 Å². The highest BCUT2D eigenvalue weighted by Gasteiger charge is 2.35. The molecule has 0 aromatic rings. The van der Waals surface area contributed by atoms with Crippen LogP contribution in [-0.4, -0.2) is 23.0 Å². The third kappa shape index (κ3) is 2.30. The first kappa shape index (κ1) is 10.5. The Bertz CT molecular complexity index is 271. The standard InChI is InChI=1S/C11H17NO3/c13-10-6-8(11(14)15)5-9(12-10)7-3-1-2-4-7/h7-9H,1-6H2,(H,12,13)(H,14,15). The lowest BCUT2D eigenvalue weighted by atomic mass is 9.84. The monoisotopic (exact) mass is 211 g/mol. The van der Waals surface area contributed by atoms with Crippen LogP contribution in [0.1, 0.15) is 38.5 Å². The van der Waals surface area contributed by atoms with Gasteiger partial charge in [0.2, 0.25) is 5.91 Å². The lowest BCUT2D eigenvalue weighted by Crippen LogP contribution is -2.47. The highest BCUT2D eigenvalue weighted by atomic mass is 16.4. The normalized spacial score (nSPS) is 32.7. The van der Waals surface area contributed by atoms with Crippen LogP contribution in [0.3, 0.4) is 0 Å². The van der Waals surface area contributed by atoms with Crippen molar-refractivity contribution in [1.82, 2.24) is 5.32 Å². The zero-order chi connectivity index (χ0) is 10.8. The molecule has 2 rings (SSSR count). The van der Waals surface area contributed by atoms with Gasteiger partial charge in [-0.1, -0.05) is 12.8 Å². The average Bonchev–Trinajstić information content (AvgIpc) is 2.69. The Labute approximate surface area is 89.0 Å². The molecule has 1 amide bonds. The number of carbonyl (C=O) groups excluding carboxylic acids is 1. The Kier molecular flexibility index (Phi) is 2.93. The van der Waals surface area contributed by atoms with Gasteiger partial charge in [-0.15, -0.1) is 0 Å². The van der Waals surface area contributed by atoms with Crippen molar-refractivity contribution in [2.75, 3.05) is 0 Å². The molecule has 4 heteroatoms. The Morgan fingerprint density at radius 2 is 2.00 bits per heavy atom. The molecule has 1 saturated carbocycles. The summed E-state index contributed by atoms with van der Waals surface area (Å²) in [5.74, 6) is -0.876. The van der Waals surface area contributed by atoms with Gasteiger partial charge in [0.15, 0.2) is 0 Å². The number of carbonyl (C=O) groups is 2. The molecule has 0 aromatic heterocycles. The fourth-order valence-corrected chi connectivity index (χ4v) is 2.80. The zero-order valence-electron chi connectivity index (χ0n) is 8.74. The van der Waals surface area contributed by atoms with Gasteiger partial charge >= 0.3 is 5.97 Å². The minimum atomic E-state index is -0.826. The SMILES string of the molecule is O=C1CC(C(=O)O)CC(C2CCCC2)N1. The predicted molar refractivity (Wildman–Crippen MR) is 54.2 cm³/mol. The lowest BCUT2D eigenvalue weighted by molar-refractivity contribution is -0.146. The topological polar surface area (TPSA) is 66.4 Å². The summed E-state index contributed by atoms with van der Waals surface area (Å²) in [6.07, 6.45) is 5.47. The van der Waals surface area contributed by atoms with E-state index in [-0.39, 0.29) is 18.4 Å². The molecule has 15 heavy (non-hydrogen) atoms. The van der Waals surface area contributed by atoms with Crippen molar-refractivity contribution in [3.05, 3.63) is 0 Å². The van der Waals surface area contributed by atoms with Gasteiger partial charge in [0.25, 0.3) is 0 Å². The minimum absolute atomic E-state index is 0.0921. The van der Waals surface area contributed by atoms with Crippen LogP contribution in [0, 0.1) is 11.8 Å². The molecule has 2 N–H and O–H groups in total. The maximum absolute atomic E-state index is 11.4. The van der Waals surface area contributed by atoms with Gasteiger partial charge in [0.05, 0.1) is 5.92 Å². The van der Waals surface area contributed by atoms with Crippen molar-refractivity contribution >= 4 is 11.9 Å². The summed E-state index contributed by atoms with van der Waals surface area (Å²) in [5, 5.41) is 11.9. The third-order valence-corrected chi connectivity index (χ3v) is 3.63. The molecule has 1 aliphatic carbocycles. The number of aliphatic carboxylic acids is 1. The van der Waals surface area contributed by atoms with Crippen LogP contribution >= 0.6 is 0 Å². The largest absolute Gasteiger partial charge is 0.481 e. The van der Waals surface area contributed by atoms with Crippen molar-refractivity contribution < 1.29 is 14.7 Å². The number of nitrogens with one attached hydrogen (secondary N) is 1. The smallest absolute Gasteiger partial charge is 0.307 e. The predicted octanol–water partition coefficient (Wildman–Crippen LogP) is 1.16. The average molecular weight is 211 g/mol. The maximum Gasteiger partial charge on any atom is 0.307 e. The van der Waals surface area contributed by atoms with E-state index in [9.17, 15) is 9.59 Å². The maximum atomic E-state index is 11.4. The Hall–Kier alpha value is -1.06. The number of piperidine rings is 1. The van der Waals surface area contributed by atoms with Crippen LogP contribution in [0.4, 0.5) is 0 Å². The molecular formula is C11H17NO3. The van der Waals surface area contributed by atoms with Gasteiger partial charge in [-0.3, -0.25) is 9.59 Å². The van der Waals surface area contributed by atoms with Gasteiger partial charge in [0.1, 0.15) is 0 Å². The second-order valence-electron chi connectivity index (χ2n) is 4.69. The highest BCUT2D eigenvalue weighted by Crippen LogP contribution is 2.32. The number of hydrogen-bond donors (Lipinski definition) is 2. The van der Waals surface area contributed by atoms with E-state index < -0.39 is 11.9 Å². The molecule has 84 valence electrons. The first-order chi connectivity index (χ1) is 7.16. The van der Waals surface area contributed by atoms with Crippen LogP contribution in [-0.2, 0) is 9.59 Å². The van der Waals surface area contributed by atoms with Gasteiger partial charge in [0, 0.05) is 12.5 Å². The molecule has 4 nitrogen and oxygen atoms in total. The van der Waals surface area contributed by atoms with Crippen molar-refractivity contribution in [2.45, 2.75) is 44.6 Å².